The summed E-state index contributed by atoms with van der Waals surface area (Å²) in [4.78, 5) is 9.10. The van der Waals surface area contributed by atoms with Gasteiger partial charge in [-0.05, 0) is 76.9 Å². The summed E-state index contributed by atoms with van der Waals surface area (Å²) in [5.41, 5.74) is 7.68. The van der Waals surface area contributed by atoms with Crippen LogP contribution in [0.4, 0.5) is 0 Å². The molecule has 4 rings (SSSR count). The Labute approximate surface area is 219 Å². The average molecular weight is 491 g/mol. The molecule has 4 heteroatoms. The van der Waals surface area contributed by atoms with E-state index in [-0.39, 0.29) is 0 Å². The molecule has 0 spiro atoms. The highest BCUT2D eigenvalue weighted by molar-refractivity contribution is 5.88. The van der Waals surface area contributed by atoms with E-state index in [2.05, 4.69) is 34.3 Å². The molecule has 0 aromatic heterocycles. The van der Waals surface area contributed by atoms with Crippen LogP contribution in [0, 0.1) is 0 Å². The first-order valence-electron chi connectivity index (χ1n) is 12.9. The third-order valence-electron chi connectivity index (χ3n) is 6.45. The molecule has 4 aromatic rings. The van der Waals surface area contributed by atoms with Gasteiger partial charge in [-0.2, -0.15) is 0 Å². The van der Waals surface area contributed by atoms with Crippen molar-refractivity contribution in [1.82, 2.24) is 0 Å². The highest BCUT2D eigenvalue weighted by atomic mass is 16.3. The summed E-state index contributed by atoms with van der Waals surface area (Å²) in [7, 11) is 0. The maximum atomic E-state index is 10.7. The maximum Gasteiger partial charge on any atom is 0.127 e. The topological polar surface area (TPSA) is 65.2 Å². The lowest BCUT2D eigenvalue weighted by Crippen LogP contribution is -1.94. The summed E-state index contributed by atoms with van der Waals surface area (Å²) >= 11 is 0. The van der Waals surface area contributed by atoms with Crippen LogP contribution in [0.25, 0.3) is 22.3 Å². The average Bonchev–Trinajstić information content (AvgIpc) is 2.95. The molecule has 0 unspecified atom stereocenters. The van der Waals surface area contributed by atoms with E-state index in [1.165, 1.54) is 0 Å². The van der Waals surface area contributed by atoms with Gasteiger partial charge in [0.05, 0.1) is 0 Å². The van der Waals surface area contributed by atoms with Gasteiger partial charge in [-0.25, -0.2) is 0 Å². The Morgan fingerprint density at radius 3 is 1.35 bits per heavy atom. The van der Waals surface area contributed by atoms with Crippen molar-refractivity contribution in [3.63, 3.8) is 0 Å². The van der Waals surface area contributed by atoms with E-state index in [1.54, 1.807) is 12.4 Å². The van der Waals surface area contributed by atoms with E-state index in [0.29, 0.717) is 24.6 Å². The molecule has 0 fully saturated rings. The van der Waals surface area contributed by atoms with Crippen LogP contribution in [0.1, 0.15) is 42.5 Å². The zero-order valence-electron chi connectivity index (χ0n) is 21.6. The van der Waals surface area contributed by atoms with Crippen molar-refractivity contribution in [2.75, 3.05) is 13.1 Å². The quantitative estimate of drug-likeness (QED) is 0.179. The van der Waals surface area contributed by atoms with Crippen molar-refractivity contribution in [3.8, 4) is 33.8 Å². The largest absolute Gasteiger partial charge is 0.507 e. The lowest BCUT2D eigenvalue weighted by molar-refractivity contribution is 0.467. The summed E-state index contributed by atoms with van der Waals surface area (Å²) in [5.74, 6) is 0.592. The summed E-state index contributed by atoms with van der Waals surface area (Å²) in [6.45, 7) is 5.28. The Hall–Kier alpha value is -4.18. The van der Waals surface area contributed by atoms with Gasteiger partial charge in [-0.3, -0.25) is 9.98 Å². The smallest absolute Gasteiger partial charge is 0.127 e. The molecule has 2 N–H and O–H groups in total. The maximum absolute atomic E-state index is 10.7. The van der Waals surface area contributed by atoms with E-state index in [4.69, 9.17) is 0 Å². The van der Waals surface area contributed by atoms with Crippen molar-refractivity contribution in [2.45, 2.75) is 33.1 Å². The Bertz CT molecular complexity index is 1270. The number of aryl methyl sites for hydroxylation is 2. The molecular formula is C33H34N2O2. The third-order valence-corrected chi connectivity index (χ3v) is 6.45. The standard InChI is InChI=1S/C33H34N2O2/c1-3-24-18-28(26-12-7-5-8-13-26)20-30(32(24)36)22-34-16-11-17-35-23-31-21-29(19-25(4-2)33(31)37)27-14-9-6-10-15-27/h5-10,12-15,18-23,36-37H,3-4,11,16-17H2,1-2H3. The molecular weight excluding hydrogens is 456 g/mol. The lowest BCUT2D eigenvalue weighted by Gasteiger charge is -2.10. The molecule has 0 aliphatic rings. The molecule has 188 valence electrons. The van der Waals surface area contributed by atoms with Gasteiger partial charge in [0, 0.05) is 36.6 Å². The molecule has 37 heavy (non-hydrogen) atoms. The Morgan fingerprint density at radius 2 is 0.973 bits per heavy atom. The van der Waals surface area contributed by atoms with Gasteiger partial charge in [-0.15, -0.1) is 0 Å². The molecule has 0 saturated carbocycles. The highest BCUT2D eigenvalue weighted by Crippen LogP contribution is 2.31. The third kappa shape index (κ3) is 6.53. The van der Waals surface area contributed by atoms with Gasteiger partial charge >= 0.3 is 0 Å². The fourth-order valence-corrected chi connectivity index (χ4v) is 4.35. The van der Waals surface area contributed by atoms with Gasteiger partial charge in [0.25, 0.3) is 0 Å². The first kappa shape index (κ1) is 25.9. The number of nitrogens with zero attached hydrogens (tertiary/aromatic N) is 2. The second kappa shape index (κ2) is 12.7. The normalized spacial score (nSPS) is 11.5. The Balaban J connectivity index is 1.40. The molecule has 0 amide bonds. The molecule has 0 aliphatic heterocycles. The number of phenolic OH excluding ortho intramolecular Hbond substituents is 2. The van der Waals surface area contributed by atoms with Crippen LogP contribution in [-0.2, 0) is 12.8 Å². The second-order valence-electron chi connectivity index (χ2n) is 9.01. The van der Waals surface area contributed by atoms with Gasteiger partial charge in [0.15, 0.2) is 0 Å². The van der Waals surface area contributed by atoms with Crippen molar-refractivity contribution in [2.24, 2.45) is 9.98 Å². The second-order valence-corrected chi connectivity index (χ2v) is 9.01. The molecule has 0 bridgehead atoms. The predicted molar refractivity (Wildman–Crippen MR) is 155 cm³/mol. The monoisotopic (exact) mass is 490 g/mol. The zero-order chi connectivity index (χ0) is 26.0. The van der Waals surface area contributed by atoms with Crippen molar-refractivity contribution in [3.05, 3.63) is 107 Å². The minimum Gasteiger partial charge on any atom is -0.507 e. The molecule has 4 nitrogen and oxygen atoms in total. The van der Waals surface area contributed by atoms with Crippen molar-refractivity contribution in [1.29, 1.82) is 0 Å². The van der Waals surface area contributed by atoms with E-state index in [1.807, 2.05) is 74.5 Å². The van der Waals surface area contributed by atoms with Crippen LogP contribution < -0.4 is 0 Å². The summed E-state index contributed by atoms with van der Waals surface area (Å²) in [6, 6.07) is 28.4. The van der Waals surface area contributed by atoms with E-state index in [0.717, 1.165) is 63.8 Å². The molecule has 4 aromatic carbocycles. The van der Waals surface area contributed by atoms with Crippen LogP contribution in [-0.4, -0.2) is 35.7 Å². The number of hydrogen-bond acceptors (Lipinski definition) is 4. The molecule has 0 saturated heterocycles. The summed E-state index contributed by atoms with van der Waals surface area (Å²) < 4.78 is 0. The minimum absolute atomic E-state index is 0.296. The lowest BCUT2D eigenvalue weighted by atomic mass is 9.98. The summed E-state index contributed by atoms with van der Waals surface area (Å²) in [5, 5.41) is 21.3. The van der Waals surface area contributed by atoms with E-state index >= 15 is 0 Å². The molecule has 0 heterocycles. The SMILES string of the molecule is CCc1cc(-c2ccccc2)cc(C=NCCCN=Cc2cc(-c3ccccc3)cc(CC)c2O)c1O. The molecule has 0 radical (unpaired) electrons. The number of rotatable bonds is 10. The number of aliphatic imine (C=N–C) groups is 2. The molecule has 0 aliphatic carbocycles. The zero-order valence-corrected chi connectivity index (χ0v) is 21.6. The number of benzene rings is 4. The van der Waals surface area contributed by atoms with Gasteiger partial charge in [0.2, 0.25) is 0 Å². The highest BCUT2D eigenvalue weighted by Gasteiger charge is 2.10. The van der Waals surface area contributed by atoms with Crippen LogP contribution in [0.3, 0.4) is 0 Å². The van der Waals surface area contributed by atoms with Gasteiger partial charge in [-0.1, -0.05) is 74.5 Å². The Morgan fingerprint density at radius 1 is 0.568 bits per heavy atom. The van der Waals surface area contributed by atoms with E-state index < -0.39 is 0 Å². The van der Waals surface area contributed by atoms with Crippen molar-refractivity contribution < 1.29 is 10.2 Å². The number of hydrogen-bond donors (Lipinski definition) is 2. The molecule has 0 atom stereocenters. The van der Waals surface area contributed by atoms with E-state index in [9.17, 15) is 10.2 Å². The van der Waals surface area contributed by atoms with Crippen LogP contribution in [0.5, 0.6) is 11.5 Å². The van der Waals surface area contributed by atoms with Crippen LogP contribution >= 0.6 is 0 Å². The van der Waals surface area contributed by atoms with Crippen LogP contribution in [0.15, 0.2) is 94.9 Å². The minimum atomic E-state index is 0.296. The van der Waals surface area contributed by atoms with Gasteiger partial charge < -0.3 is 10.2 Å². The summed E-state index contributed by atoms with van der Waals surface area (Å²) in [6.07, 6.45) is 5.79. The fraction of sp³-hybridized carbons (Fsp3) is 0.212. The fourth-order valence-electron chi connectivity index (χ4n) is 4.35. The van der Waals surface area contributed by atoms with Gasteiger partial charge in [0.1, 0.15) is 11.5 Å². The predicted octanol–water partition coefficient (Wildman–Crippen LogP) is 7.48. The van der Waals surface area contributed by atoms with Crippen molar-refractivity contribution >= 4 is 12.4 Å². The number of phenols is 2. The Kier molecular flexibility index (Phi) is 8.88. The first-order valence-corrected chi connectivity index (χ1v) is 12.9. The number of aromatic hydroxyl groups is 2. The first-order chi connectivity index (χ1) is 18.1. The van der Waals surface area contributed by atoms with Crippen LogP contribution in [0.2, 0.25) is 0 Å².